The number of ether oxygens (including phenoxy) is 3. The number of carbonyl (C=O) groups excluding carboxylic acids is 2. The Morgan fingerprint density at radius 3 is 1.95 bits per heavy atom. The van der Waals surface area contributed by atoms with Gasteiger partial charge in [0.15, 0.2) is 0 Å². The second-order valence-corrected chi connectivity index (χ2v) is 3.81. The molecule has 1 N–H and O–H groups in total. The standard InChI is InChI=1S/C14H19NO5/c1-4-19-13(16)12(14(17)20-5-2)15-10-6-8-11(18-3)9-7-10/h6-9,12,15H,4-5H2,1-3H3. The molecule has 110 valence electrons. The zero-order valence-corrected chi connectivity index (χ0v) is 11.8. The Bertz CT molecular complexity index is 425. The monoisotopic (exact) mass is 281 g/mol. The third kappa shape index (κ3) is 4.46. The van der Waals surface area contributed by atoms with Crippen molar-refractivity contribution in [3.05, 3.63) is 24.3 Å². The zero-order valence-electron chi connectivity index (χ0n) is 11.8. The number of nitrogens with one attached hydrogen (secondary N) is 1. The van der Waals surface area contributed by atoms with E-state index in [0.717, 1.165) is 0 Å². The van der Waals surface area contributed by atoms with Crippen LogP contribution in [0.25, 0.3) is 0 Å². The molecule has 0 amide bonds. The van der Waals surface area contributed by atoms with Crippen molar-refractivity contribution >= 4 is 17.6 Å². The maximum atomic E-state index is 11.8. The predicted octanol–water partition coefficient (Wildman–Crippen LogP) is 1.60. The van der Waals surface area contributed by atoms with Crippen LogP contribution in [0.1, 0.15) is 13.8 Å². The van der Waals surface area contributed by atoms with Gasteiger partial charge in [0.2, 0.25) is 6.04 Å². The minimum atomic E-state index is -1.18. The number of benzene rings is 1. The van der Waals surface area contributed by atoms with Crippen LogP contribution in [0, 0.1) is 0 Å². The lowest BCUT2D eigenvalue weighted by Gasteiger charge is -2.17. The summed E-state index contributed by atoms with van der Waals surface area (Å²) in [6.07, 6.45) is 0. The van der Waals surface area contributed by atoms with Crippen LogP contribution in [0.4, 0.5) is 5.69 Å². The molecule has 0 aliphatic rings. The number of methoxy groups -OCH3 is 1. The van der Waals surface area contributed by atoms with Crippen molar-refractivity contribution in [2.24, 2.45) is 0 Å². The minimum absolute atomic E-state index is 0.193. The summed E-state index contributed by atoms with van der Waals surface area (Å²) < 4.78 is 14.8. The molecule has 0 spiro atoms. The van der Waals surface area contributed by atoms with Gasteiger partial charge in [-0.2, -0.15) is 0 Å². The van der Waals surface area contributed by atoms with Gasteiger partial charge in [-0.05, 0) is 38.1 Å². The molecule has 0 saturated heterocycles. The van der Waals surface area contributed by atoms with Gasteiger partial charge in [-0.25, -0.2) is 9.59 Å². The molecule has 0 aliphatic carbocycles. The Morgan fingerprint density at radius 1 is 1.05 bits per heavy atom. The Hall–Kier alpha value is -2.24. The molecule has 6 nitrogen and oxygen atoms in total. The molecule has 0 aliphatic heterocycles. The first-order chi connectivity index (χ1) is 9.62. The van der Waals surface area contributed by atoms with Crippen molar-refractivity contribution in [3.63, 3.8) is 0 Å². The molecule has 1 rings (SSSR count). The largest absolute Gasteiger partial charge is 0.497 e. The smallest absolute Gasteiger partial charge is 0.340 e. The molecule has 0 heterocycles. The summed E-state index contributed by atoms with van der Waals surface area (Å²) >= 11 is 0. The average Bonchev–Trinajstić information content (AvgIpc) is 2.45. The quantitative estimate of drug-likeness (QED) is 0.604. The van der Waals surface area contributed by atoms with Crippen LogP contribution in [-0.4, -0.2) is 38.3 Å². The van der Waals surface area contributed by atoms with Crippen LogP contribution in [0.3, 0.4) is 0 Å². The summed E-state index contributed by atoms with van der Waals surface area (Å²) in [5.41, 5.74) is 0.594. The van der Waals surface area contributed by atoms with Crippen molar-refractivity contribution in [1.82, 2.24) is 0 Å². The van der Waals surface area contributed by atoms with Gasteiger partial charge in [0.25, 0.3) is 0 Å². The van der Waals surface area contributed by atoms with E-state index in [1.54, 1.807) is 45.2 Å². The van der Waals surface area contributed by atoms with Crippen molar-refractivity contribution < 1.29 is 23.8 Å². The lowest BCUT2D eigenvalue weighted by molar-refractivity contribution is -0.155. The Morgan fingerprint density at radius 2 is 1.55 bits per heavy atom. The summed E-state index contributed by atoms with van der Waals surface area (Å²) in [5, 5.41) is 2.79. The highest BCUT2D eigenvalue weighted by atomic mass is 16.6. The van der Waals surface area contributed by atoms with Gasteiger partial charge in [-0.15, -0.1) is 0 Å². The van der Waals surface area contributed by atoms with E-state index in [1.165, 1.54) is 0 Å². The number of carbonyl (C=O) groups is 2. The van der Waals surface area contributed by atoms with Gasteiger partial charge >= 0.3 is 11.9 Å². The average molecular weight is 281 g/mol. The van der Waals surface area contributed by atoms with Crippen LogP contribution < -0.4 is 10.1 Å². The molecule has 0 atom stereocenters. The molecule has 0 unspecified atom stereocenters. The van der Waals surface area contributed by atoms with E-state index < -0.39 is 18.0 Å². The molecular formula is C14H19NO5. The highest BCUT2D eigenvalue weighted by molar-refractivity contribution is 6.02. The van der Waals surface area contributed by atoms with Crippen molar-refractivity contribution in [1.29, 1.82) is 0 Å². The summed E-state index contributed by atoms with van der Waals surface area (Å²) in [6.45, 7) is 3.74. The Kier molecular flexibility index (Phi) is 6.36. The summed E-state index contributed by atoms with van der Waals surface area (Å²) in [6, 6.07) is 5.66. The molecule has 0 bridgehead atoms. The fourth-order valence-corrected chi connectivity index (χ4v) is 1.52. The van der Waals surface area contributed by atoms with Crippen molar-refractivity contribution in [2.75, 3.05) is 25.6 Å². The normalized spacial score (nSPS) is 10.0. The number of anilines is 1. The van der Waals surface area contributed by atoms with Gasteiger partial charge in [-0.3, -0.25) is 0 Å². The first-order valence-corrected chi connectivity index (χ1v) is 6.36. The predicted molar refractivity (Wildman–Crippen MR) is 73.7 cm³/mol. The molecule has 6 heteroatoms. The van der Waals surface area contributed by atoms with Crippen LogP contribution in [-0.2, 0) is 19.1 Å². The SMILES string of the molecule is CCOC(=O)C(Nc1ccc(OC)cc1)C(=O)OCC. The van der Waals surface area contributed by atoms with E-state index >= 15 is 0 Å². The lowest BCUT2D eigenvalue weighted by Crippen LogP contribution is -2.40. The topological polar surface area (TPSA) is 73.9 Å². The van der Waals surface area contributed by atoms with E-state index in [0.29, 0.717) is 11.4 Å². The van der Waals surface area contributed by atoms with Gasteiger partial charge < -0.3 is 19.5 Å². The summed E-state index contributed by atoms with van der Waals surface area (Å²) in [4.78, 5) is 23.6. The van der Waals surface area contributed by atoms with E-state index in [2.05, 4.69) is 5.32 Å². The molecular weight excluding hydrogens is 262 g/mol. The van der Waals surface area contributed by atoms with Crippen molar-refractivity contribution in [3.8, 4) is 5.75 Å². The fourth-order valence-electron chi connectivity index (χ4n) is 1.52. The maximum absolute atomic E-state index is 11.8. The van der Waals surface area contributed by atoms with Crippen LogP contribution in [0.5, 0.6) is 5.75 Å². The number of esters is 2. The number of hydrogen-bond donors (Lipinski definition) is 1. The van der Waals surface area contributed by atoms with Gasteiger partial charge in [0, 0.05) is 5.69 Å². The molecule has 0 fully saturated rings. The van der Waals surface area contributed by atoms with E-state index in [-0.39, 0.29) is 13.2 Å². The third-order valence-corrected chi connectivity index (χ3v) is 2.45. The minimum Gasteiger partial charge on any atom is -0.497 e. The number of hydrogen-bond acceptors (Lipinski definition) is 6. The van der Waals surface area contributed by atoms with Gasteiger partial charge in [-0.1, -0.05) is 0 Å². The van der Waals surface area contributed by atoms with E-state index in [9.17, 15) is 9.59 Å². The summed E-state index contributed by atoms with van der Waals surface area (Å²) in [5.74, 6) is -0.650. The first-order valence-electron chi connectivity index (χ1n) is 6.36. The maximum Gasteiger partial charge on any atom is 0.340 e. The van der Waals surface area contributed by atoms with Crippen LogP contribution >= 0.6 is 0 Å². The molecule has 0 aromatic heterocycles. The molecule has 20 heavy (non-hydrogen) atoms. The number of rotatable bonds is 7. The molecule has 0 radical (unpaired) electrons. The Balaban J connectivity index is 2.81. The highest BCUT2D eigenvalue weighted by Gasteiger charge is 2.29. The molecule has 1 aromatic rings. The second-order valence-electron chi connectivity index (χ2n) is 3.81. The van der Waals surface area contributed by atoms with E-state index in [1.807, 2.05) is 0 Å². The molecule has 1 aromatic carbocycles. The zero-order chi connectivity index (χ0) is 15.0. The van der Waals surface area contributed by atoms with Crippen LogP contribution in [0.2, 0.25) is 0 Å². The molecule has 0 saturated carbocycles. The lowest BCUT2D eigenvalue weighted by atomic mass is 10.2. The first kappa shape index (κ1) is 15.8. The van der Waals surface area contributed by atoms with Gasteiger partial charge in [0.05, 0.1) is 20.3 Å². The Labute approximate surface area is 118 Å². The van der Waals surface area contributed by atoms with E-state index in [4.69, 9.17) is 14.2 Å². The highest BCUT2D eigenvalue weighted by Crippen LogP contribution is 2.16. The fraction of sp³-hybridized carbons (Fsp3) is 0.429. The third-order valence-electron chi connectivity index (χ3n) is 2.45. The van der Waals surface area contributed by atoms with Gasteiger partial charge in [0.1, 0.15) is 5.75 Å². The van der Waals surface area contributed by atoms with Crippen LogP contribution in [0.15, 0.2) is 24.3 Å². The summed E-state index contributed by atoms with van der Waals surface area (Å²) in [7, 11) is 1.56. The van der Waals surface area contributed by atoms with Crippen molar-refractivity contribution in [2.45, 2.75) is 19.9 Å². The second kappa shape index (κ2) is 8.04.